The minimum atomic E-state index is -0.218. The normalized spacial score (nSPS) is 17.9. The van der Waals surface area contributed by atoms with Gasteiger partial charge in [-0.2, -0.15) is 0 Å². The number of esters is 1. The summed E-state index contributed by atoms with van der Waals surface area (Å²) in [6.45, 7) is 8.96. The van der Waals surface area contributed by atoms with Crippen molar-refractivity contribution in [3.05, 3.63) is 35.4 Å². The number of ether oxygens (including phenoxy) is 1. The van der Waals surface area contributed by atoms with Gasteiger partial charge in [-0.25, -0.2) is 4.79 Å². The van der Waals surface area contributed by atoms with E-state index in [-0.39, 0.29) is 24.5 Å². The first kappa shape index (κ1) is 18.0. The quantitative estimate of drug-likeness (QED) is 0.654. The lowest BCUT2D eigenvalue weighted by Gasteiger charge is -2.33. The maximum Gasteiger partial charge on any atom is 0.338 e. The Balaban J connectivity index is 0.00000220. The molecule has 1 aliphatic heterocycles. The number of nitrogens with zero attached hydrogens (tertiary/aromatic N) is 2. The molecular formula is C16H24ClN2O2-. The first-order chi connectivity index (χ1) is 9.56. The van der Waals surface area contributed by atoms with Crippen molar-refractivity contribution in [3.8, 4) is 0 Å². The lowest BCUT2D eigenvalue weighted by Crippen LogP contribution is -3.00. The Morgan fingerprint density at radius 2 is 1.86 bits per heavy atom. The topological polar surface area (TPSA) is 32.8 Å². The fraction of sp³-hybridized carbons (Fsp3) is 0.562. The van der Waals surface area contributed by atoms with Gasteiger partial charge >= 0.3 is 5.97 Å². The van der Waals surface area contributed by atoms with E-state index in [0.717, 1.165) is 38.3 Å². The van der Waals surface area contributed by atoms with Gasteiger partial charge in [-0.3, -0.25) is 4.90 Å². The van der Waals surface area contributed by atoms with E-state index in [9.17, 15) is 4.79 Å². The highest BCUT2D eigenvalue weighted by Gasteiger charge is 2.19. The molecule has 1 aliphatic rings. The van der Waals surface area contributed by atoms with E-state index < -0.39 is 0 Å². The van der Waals surface area contributed by atoms with Gasteiger partial charge in [0.05, 0.1) is 5.56 Å². The van der Waals surface area contributed by atoms with Crippen molar-refractivity contribution in [1.29, 1.82) is 0 Å². The Kier molecular flexibility index (Phi) is 7.15. The smallest absolute Gasteiger partial charge is 0.338 e. The molecular weight excluding hydrogens is 288 g/mol. The van der Waals surface area contributed by atoms with Gasteiger partial charge in [-0.15, -0.1) is 0 Å². The number of carbonyl (C=O) groups is 1. The molecule has 0 spiro atoms. The predicted octanol–water partition coefficient (Wildman–Crippen LogP) is -1.21. The van der Waals surface area contributed by atoms with E-state index in [1.807, 2.05) is 38.1 Å². The molecule has 1 fully saturated rings. The van der Waals surface area contributed by atoms with Gasteiger partial charge in [0.15, 0.2) is 0 Å². The molecule has 0 saturated carbocycles. The SMILES string of the molecule is Cc1ccccc1C(=O)OC(C)CN1CCN(C)CC1.[Cl-]. The minimum absolute atomic E-state index is 0. The van der Waals surface area contributed by atoms with Crippen LogP contribution in [0.25, 0.3) is 0 Å². The maximum absolute atomic E-state index is 12.1. The average molecular weight is 312 g/mol. The van der Waals surface area contributed by atoms with Gasteiger partial charge < -0.3 is 22.0 Å². The third kappa shape index (κ3) is 5.30. The lowest BCUT2D eigenvalue weighted by atomic mass is 10.1. The van der Waals surface area contributed by atoms with Crippen LogP contribution in [0, 0.1) is 6.92 Å². The van der Waals surface area contributed by atoms with E-state index >= 15 is 0 Å². The van der Waals surface area contributed by atoms with Gasteiger partial charge in [0.25, 0.3) is 0 Å². The van der Waals surface area contributed by atoms with E-state index in [4.69, 9.17) is 4.74 Å². The largest absolute Gasteiger partial charge is 1.00 e. The maximum atomic E-state index is 12.1. The van der Waals surface area contributed by atoms with Gasteiger partial charge in [0.1, 0.15) is 6.10 Å². The molecule has 0 aliphatic carbocycles. The second-order valence-corrected chi connectivity index (χ2v) is 5.63. The molecule has 5 heteroatoms. The Labute approximate surface area is 133 Å². The lowest BCUT2D eigenvalue weighted by molar-refractivity contribution is -0.0000477. The third-order valence-electron chi connectivity index (χ3n) is 3.78. The zero-order valence-corrected chi connectivity index (χ0v) is 13.8. The minimum Gasteiger partial charge on any atom is -1.00 e. The van der Waals surface area contributed by atoms with Gasteiger partial charge in [0, 0.05) is 32.7 Å². The van der Waals surface area contributed by atoms with Crippen molar-refractivity contribution < 1.29 is 21.9 Å². The second-order valence-electron chi connectivity index (χ2n) is 5.63. The monoisotopic (exact) mass is 311 g/mol. The highest BCUT2D eigenvalue weighted by molar-refractivity contribution is 5.91. The van der Waals surface area contributed by atoms with Crippen LogP contribution in [0.5, 0.6) is 0 Å². The molecule has 0 bridgehead atoms. The van der Waals surface area contributed by atoms with E-state index in [0.29, 0.717) is 5.56 Å². The standard InChI is InChI=1S/C16H24N2O2.ClH/c1-13-6-4-5-7-15(13)16(19)20-14(2)12-18-10-8-17(3)9-11-18;/h4-7,14H,8-12H2,1-3H3;1H/p-1. The van der Waals surface area contributed by atoms with Crippen LogP contribution in [0.1, 0.15) is 22.8 Å². The summed E-state index contributed by atoms with van der Waals surface area (Å²) in [6, 6.07) is 7.55. The molecule has 1 heterocycles. The van der Waals surface area contributed by atoms with Crippen molar-refractivity contribution in [3.63, 3.8) is 0 Å². The molecule has 0 aromatic heterocycles. The number of hydrogen-bond donors (Lipinski definition) is 0. The Bertz CT molecular complexity index is 459. The molecule has 0 amide bonds. The Morgan fingerprint density at radius 1 is 1.24 bits per heavy atom. The number of halogens is 1. The van der Waals surface area contributed by atoms with Crippen molar-refractivity contribution in [2.75, 3.05) is 39.8 Å². The summed E-state index contributed by atoms with van der Waals surface area (Å²) in [5.74, 6) is -0.218. The summed E-state index contributed by atoms with van der Waals surface area (Å²) in [6.07, 6.45) is -0.0782. The number of hydrogen-bond acceptors (Lipinski definition) is 4. The van der Waals surface area contributed by atoms with Crippen LogP contribution < -0.4 is 12.4 Å². The molecule has 1 aromatic carbocycles. The highest BCUT2D eigenvalue weighted by Crippen LogP contribution is 2.11. The number of likely N-dealkylation sites (N-methyl/N-ethyl adjacent to an activating group) is 1. The molecule has 0 radical (unpaired) electrons. The number of piperazine rings is 1. The molecule has 4 nitrogen and oxygen atoms in total. The first-order valence-electron chi connectivity index (χ1n) is 7.24. The van der Waals surface area contributed by atoms with E-state index in [1.165, 1.54) is 0 Å². The molecule has 1 atom stereocenters. The molecule has 1 aromatic rings. The first-order valence-corrected chi connectivity index (χ1v) is 7.24. The van der Waals surface area contributed by atoms with Crippen LogP contribution in [0.2, 0.25) is 0 Å². The van der Waals surface area contributed by atoms with Gasteiger partial charge in [-0.1, -0.05) is 18.2 Å². The number of carbonyl (C=O) groups excluding carboxylic acids is 1. The van der Waals surface area contributed by atoms with Crippen molar-refractivity contribution in [1.82, 2.24) is 9.80 Å². The molecule has 2 rings (SSSR count). The van der Waals surface area contributed by atoms with Crippen LogP contribution in [-0.2, 0) is 4.74 Å². The molecule has 21 heavy (non-hydrogen) atoms. The Hall–Kier alpha value is -1.10. The summed E-state index contributed by atoms with van der Waals surface area (Å²) in [5, 5.41) is 0. The average Bonchev–Trinajstić information content (AvgIpc) is 2.41. The number of benzene rings is 1. The predicted molar refractivity (Wildman–Crippen MR) is 80.0 cm³/mol. The summed E-state index contributed by atoms with van der Waals surface area (Å²) in [7, 11) is 2.14. The molecule has 118 valence electrons. The summed E-state index contributed by atoms with van der Waals surface area (Å²) >= 11 is 0. The zero-order valence-electron chi connectivity index (χ0n) is 13.0. The van der Waals surface area contributed by atoms with Crippen LogP contribution in [-0.4, -0.2) is 61.6 Å². The van der Waals surface area contributed by atoms with E-state index in [1.54, 1.807) is 0 Å². The van der Waals surface area contributed by atoms with Crippen molar-refractivity contribution in [2.45, 2.75) is 20.0 Å². The highest BCUT2D eigenvalue weighted by atomic mass is 35.5. The fourth-order valence-electron chi connectivity index (χ4n) is 2.48. The molecule has 1 saturated heterocycles. The van der Waals surface area contributed by atoms with Crippen LogP contribution in [0.4, 0.5) is 0 Å². The van der Waals surface area contributed by atoms with Crippen LogP contribution >= 0.6 is 0 Å². The Morgan fingerprint density at radius 3 is 2.48 bits per heavy atom. The van der Waals surface area contributed by atoms with Crippen molar-refractivity contribution in [2.24, 2.45) is 0 Å². The number of rotatable bonds is 4. The third-order valence-corrected chi connectivity index (χ3v) is 3.78. The van der Waals surface area contributed by atoms with Crippen LogP contribution in [0.3, 0.4) is 0 Å². The summed E-state index contributed by atoms with van der Waals surface area (Å²) < 4.78 is 5.55. The van der Waals surface area contributed by atoms with Gasteiger partial charge in [-0.05, 0) is 32.5 Å². The fourth-order valence-corrected chi connectivity index (χ4v) is 2.48. The van der Waals surface area contributed by atoms with E-state index in [2.05, 4.69) is 16.8 Å². The summed E-state index contributed by atoms with van der Waals surface area (Å²) in [5.41, 5.74) is 1.63. The number of aryl methyl sites for hydroxylation is 1. The second kappa shape index (κ2) is 8.37. The van der Waals surface area contributed by atoms with Crippen molar-refractivity contribution >= 4 is 5.97 Å². The zero-order chi connectivity index (χ0) is 14.5. The van der Waals surface area contributed by atoms with Crippen LogP contribution in [0.15, 0.2) is 24.3 Å². The summed E-state index contributed by atoms with van der Waals surface area (Å²) in [4.78, 5) is 16.8. The molecule has 0 N–H and O–H groups in total. The van der Waals surface area contributed by atoms with Gasteiger partial charge in [0.2, 0.25) is 0 Å². The molecule has 1 unspecified atom stereocenters.